The lowest BCUT2D eigenvalue weighted by molar-refractivity contribution is 0.0740. The molecule has 1 aromatic heterocycles. The monoisotopic (exact) mass is 330 g/mol. The third-order valence-corrected chi connectivity index (χ3v) is 5.61. The molecule has 2 nitrogen and oxygen atoms in total. The molecular formula is C19H19FO2S. The fraction of sp³-hybridized carbons (Fsp3) is 0.368. The predicted octanol–water partition coefficient (Wildman–Crippen LogP) is 5.77. The predicted molar refractivity (Wildman–Crippen MR) is 93.3 cm³/mol. The van der Waals surface area contributed by atoms with Crippen LogP contribution in [0, 0.1) is 11.7 Å². The summed E-state index contributed by atoms with van der Waals surface area (Å²) in [7, 11) is 0. The second kappa shape index (κ2) is 5.68. The van der Waals surface area contributed by atoms with E-state index in [-0.39, 0.29) is 5.82 Å². The maximum absolute atomic E-state index is 14.6. The van der Waals surface area contributed by atoms with Crippen LogP contribution in [0.25, 0.3) is 20.2 Å². The summed E-state index contributed by atoms with van der Waals surface area (Å²) in [6, 6.07) is 9.71. The molecule has 0 aliphatic heterocycles. The van der Waals surface area contributed by atoms with Gasteiger partial charge in [0.25, 0.3) is 0 Å². The van der Waals surface area contributed by atoms with Gasteiger partial charge in [0.1, 0.15) is 5.75 Å². The second-order valence-electron chi connectivity index (χ2n) is 6.26. The van der Waals surface area contributed by atoms with Crippen molar-refractivity contribution in [1.29, 1.82) is 0 Å². The molecule has 0 N–H and O–H groups in total. The lowest BCUT2D eigenvalue weighted by Gasteiger charge is -2.32. The Morgan fingerprint density at radius 3 is 2.70 bits per heavy atom. The van der Waals surface area contributed by atoms with Gasteiger partial charge < -0.3 is 9.47 Å². The molecule has 1 heterocycles. The maximum Gasteiger partial charge on any atom is 0.182 e. The molecule has 1 fully saturated rings. The molecular weight excluding hydrogens is 311 g/mol. The van der Waals surface area contributed by atoms with Crippen molar-refractivity contribution < 1.29 is 13.9 Å². The van der Waals surface area contributed by atoms with Crippen LogP contribution in [0.15, 0.2) is 30.3 Å². The SMILES string of the molecule is CCOc1ccc2c(sc3cc(OC4CC(C)C4)ccc32)c1F. The lowest BCUT2D eigenvalue weighted by Crippen LogP contribution is -2.31. The Bertz CT molecular complexity index is 865. The quantitative estimate of drug-likeness (QED) is 0.604. The third kappa shape index (κ3) is 2.55. The number of fused-ring (bicyclic) bond motifs is 3. The van der Waals surface area contributed by atoms with Gasteiger partial charge in [0.15, 0.2) is 11.6 Å². The van der Waals surface area contributed by atoms with E-state index >= 15 is 0 Å². The zero-order valence-corrected chi connectivity index (χ0v) is 14.1. The topological polar surface area (TPSA) is 18.5 Å². The zero-order chi connectivity index (χ0) is 16.0. The standard InChI is InChI=1S/C19H19FO2S/c1-3-21-16-7-6-15-14-5-4-12(22-13-8-11(2)9-13)10-17(14)23-19(15)18(16)20/h4-7,10-11,13H,3,8-9H2,1-2H3. The summed E-state index contributed by atoms with van der Waals surface area (Å²) in [6.45, 7) is 4.57. The highest BCUT2D eigenvalue weighted by Gasteiger charge is 2.27. The molecule has 0 bridgehead atoms. The Balaban J connectivity index is 1.73. The van der Waals surface area contributed by atoms with E-state index in [1.807, 2.05) is 31.2 Å². The minimum Gasteiger partial charge on any atom is -0.491 e. The van der Waals surface area contributed by atoms with Crippen LogP contribution in [0.1, 0.15) is 26.7 Å². The summed E-state index contributed by atoms with van der Waals surface area (Å²) in [5.74, 6) is 1.71. The molecule has 0 saturated heterocycles. The molecule has 0 atom stereocenters. The van der Waals surface area contributed by atoms with Crippen LogP contribution in [0.3, 0.4) is 0 Å². The van der Waals surface area contributed by atoms with Crippen molar-refractivity contribution in [3.63, 3.8) is 0 Å². The Morgan fingerprint density at radius 2 is 1.96 bits per heavy atom. The summed E-state index contributed by atoms with van der Waals surface area (Å²) in [5, 5.41) is 2.01. The van der Waals surface area contributed by atoms with Crippen molar-refractivity contribution in [2.45, 2.75) is 32.8 Å². The Hall–Kier alpha value is -1.81. The maximum atomic E-state index is 14.6. The molecule has 4 heteroatoms. The van der Waals surface area contributed by atoms with Crippen molar-refractivity contribution in [3.05, 3.63) is 36.1 Å². The van der Waals surface area contributed by atoms with Crippen molar-refractivity contribution in [2.24, 2.45) is 5.92 Å². The Labute approximate surface area is 138 Å². The van der Waals surface area contributed by atoms with Crippen LogP contribution < -0.4 is 9.47 Å². The molecule has 1 saturated carbocycles. The van der Waals surface area contributed by atoms with Gasteiger partial charge in [-0.3, -0.25) is 0 Å². The first-order valence-corrected chi connectivity index (χ1v) is 8.91. The molecule has 0 unspecified atom stereocenters. The molecule has 4 rings (SSSR count). The van der Waals surface area contributed by atoms with Crippen LogP contribution in [0.2, 0.25) is 0 Å². The van der Waals surface area contributed by atoms with E-state index < -0.39 is 0 Å². The summed E-state index contributed by atoms with van der Waals surface area (Å²) >= 11 is 1.46. The van der Waals surface area contributed by atoms with E-state index in [4.69, 9.17) is 9.47 Å². The van der Waals surface area contributed by atoms with Gasteiger partial charge in [0, 0.05) is 15.5 Å². The highest BCUT2D eigenvalue weighted by atomic mass is 32.1. The molecule has 3 aromatic rings. The van der Waals surface area contributed by atoms with Gasteiger partial charge in [-0.1, -0.05) is 6.92 Å². The summed E-state index contributed by atoms with van der Waals surface area (Å²) in [5.41, 5.74) is 0. The fourth-order valence-electron chi connectivity index (χ4n) is 3.23. The van der Waals surface area contributed by atoms with Gasteiger partial charge in [-0.2, -0.15) is 0 Å². The van der Waals surface area contributed by atoms with Crippen molar-refractivity contribution in [3.8, 4) is 11.5 Å². The Kier molecular flexibility index (Phi) is 3.64. The van der Waals surface area contributed by atoms with Gasteiger partial charge in [-0.05, 0) is 56.0 Å². The number of hydrogen-bond acceptors (Lipinski definition) is 3. The second-order valence-corrected chi connectivity index (χ2v) is 7.32. The van der Waals surface area contributed by atoms with E-state index in [1.54, 1.807) is 6.07 Å². The Morgan fingerprint density at radius 1 is 1.17 bits per heavy atom. The smallest absolute Gasteiger partial charge is 0.182 e. The number of ether oxygens (including phenoxy) is 2. The molecule has 1 aliphatic carbocycles. The van der Waals surface area contributed by atoms with Gasteiger partial charge in [0.2, 0.25) is 0 Å². The first-order chi connectivity index (χ1) is 11.2. The van der Waals surface area contributed by atoms with E-state index in [0.29, 0.717) is 23.2 Å². The molecule has 23 heavy (non-hydrogen) atoms. The molecule has 0 radical (unpaired) electrons. The average molecular weight is 330 g/mol. The first kappa shape index (κ1) is 14.8. The summed E-state index contributed by atoms with van der Waals surface area (Å²) in [4.78, 5) is 0. The normalized spacial score (nSPS) is 20.7. The third-order valence-electron chi connectivity index (χ3n) is 4.45. The summed E-state index contributed by atoms with van der Waals surface area (Å²) in [6.07, 6.45) is 2.58. The van der Waals surface area contributed by atoms with Crippen LogP contribution in [-0.2, 0) is 0 Å². The molecule has 1 aliphatic rings. The number of halogens is 1. The molecule has 0 amide bonds. The zero-order valence-electron chi connectivity index (χ0n) is 13.3. The van der Waals surface area contributed by atoms with Crippen molar-refractivity contribution in [2.75, 3.05) is 6.61 Å². The summed E-state index contributed by atoms with van der Waals surface area (Å²) < 4.78 is 27.6. The van der Waals surface area contributed by atoms with Crippen LogP contribution in [0.5, 0.6) is 11.5 Å². The average Bonchev–Trinajstić information content (AvgIpc) is 2.87. The lowest BCUT2D eigenvalue weighted by atomic mass is 9.84. The fourth-order valence-corrected chi connectivity index (χ4v) is 4.39. The number of benzene rings is 2. The van der Waals surface area contributed by atoms with Gasteiger partial charge >= 0.3 is 0 Å². The van der Waals surface area contributed by atoms with Crippen molar-refractivity contribution >= 4 is 31.5 Å². The van der Waals surface area contributed by atoms with Crippen LogP contribution >= 0.6 is 11.3 Å². The number of thiophene rings is 1. The minimum absolute atomic E-state index is 0.263. The number of hydrogen-bond donors (Lipinski definition) is 0. The molecule has 120 valence electrons. The minimum atomic E-state index is -0.263. The van der Waals surface area contributed by atoms with E-state index in [0.717, 1.165) is 40.0 Å². The molecule has 0 spiro atoms. The largest absolute Gasteiger partial charge is 0.491 e. The van der Waals surface area contributed by atoms with Crippen molar-refractivity contribution in [1.82, 2.24) is 0 Å². The molecule has 2 aromatic carbocycles. The van der Waals surface area contributed by atoms with Crippen LogP contribution in [0.4, 0.5) is 4.39 Å². The van der Waals surface area contributed by atoms with Crippen LogP contribution in [-0.4, -0.2) is 12.7 Å². The van der Waals surface area contributed by atoms with E-state index in [2.05, 4.69) is 6.92 Å². The number of rotatable bonds is 4. The van der Waals surface area contributed by atoms with E-state index in [9.17, 15) is 4.39 Å². The van der Waals surface area contributed by atoms with Gasteiger partial charge in [0.05, 0.1) is 17.4 Å². The van der Waals surface area contributed by atoms with E-state index in [1.165, 1.54) is 11.3 Å². The first-order valence-electron chi connectivity index (χ1n) is 8.10. The van der Waals surface area contributed by atoms with Gasteiger partial charge in [-0.25, -0.2) is 4.39 Å². The van der Waals surface area contributed by atoms with Gasteiger partial charge in [-0.15, -0.1) is 11.3 Å². The highest BCUT2D eigenvalue weighted by Crippen LogP contribution is 2.40. The highest BCUT2D eigenvalue weighted by molar-refractivity contribution is 7.25.